The molecule has 1 saturated heterocycles. The van der Waals surface area contributed by atoms with Crippen LogP contribution in [-0.4, -0.2) is 30.2 Å². The van der Waals surface area contributed by atoms with E-state index in [1.165, 1.54) is 6.42 Å². The Bertz CT molecular complexity index is 345. The summed E-state index contributed by atoms with van der Waals surface area (Å²) in [5, 5.41) is 3.26. The van der Waals surface area contributed by atoms with Gasteiger partial charge in [-0.05, 0) is 38.5 Å². The monoisotopic (exact) mass is 302 g/mol. The Balaban J connectivity index is 0.00000147. The summed E-state index contributed by atoms with van der Waals surface area (Å²) in [6, 6.07) is 0.288. The van der Waals surface area contributed by atoms with Gasteiger partial charge in [0.25, 0.3) is 0 Å². The number of carbonyl (C=O) groups is 1. The summed E-state index contributed by atoms with van der Waals surface area (Å²) >= 11 is 0. The Kier molecular flexibility index (Phi) is 5.32. The second kappa shape index (κ2) is 6.63. The first kappa shape index (κ1) is 16.1. The topological polar surface area (TPSA) is 64.4 Å². The van der Waals surface area contributed by atoms with Crippen LogP contribution in [0.15, 0.2) is 0 Å². The summed E-state index contributed by atoms with van der Waals surface area (Å²) in [5.41, 5.74) is 5.71. The minimum atomic E-state index is -0.606. The average Bonchev–Trinajstić information content (AvgIpc) is 2.89. The van der Waals surface area contributed by atoms with Gasteiger partial charge in [-0.3, -0.25) is 4.79 Å². The summed E-state index contributed by atoms with van der Waals surface area (Å²) in [4.78, 5) is 12.5. The summed E-state index contributed by atoms with van der Waals surface area (Å²) in [5.74, 6) is 0.606. The quantitative estimate of drug-likeness (QED) is 0.821. The molecule has 1 heterocycles. The molecule has 0 radical (unpaired) electrons. The Labute approximate surface area is 127 Å². The molecule has 0 aromatic carbocycles. The molecule has 3 unspecified atom stereocenters. The molecule has 20 heavy (non-hydrogen) atoms. The maximum Gasteiger partial charge on any atom is 0.240 e. The van der Waals surface area contributed by atoms with Crippen LogP contribution in [0.25, 0.3) is 0 Å². The van der Waals surface area contributed by atoms with Gasteiger partial charge in [0.1, 0.15) is 0 Å². The van der Waals surface area contributed by atoms with Crippen molar-refractivity contribution in [3.8, 4) is 0 Å². The lowest BCUT2D eigenvalue weighted by atomic mass is 9.79. The lowest BCUT2D eigenvalue weighted by Gasteiger charge is -2.37. The van der Waals surface area contributed by atoms with Crippen LogP contribution in [0.5, 0.6) is 0 Å². The van der Waals surface area contributed by atoms with Gasteiger partial charge in [0, 0.05) is 18.6 Å². The molecular formula is C15H27ClN2O2. The van der Waals surface area contributed by atoms with E-state index in [2.05, 4.69) is 5.32 Å². The molecule has 3 rings (SSSR count). The fourth-order valence-corrected chi connectivity index (χ4v) is 4.08. The van der Waals surface area contributed by atoms with E-state index < -0.39 is 5.54 Å². The highest BCUT2D eigenvalue weighted by Gasteiger charge is 2.41. The molecule has 3 fully saturated rings. The number of amides is 1. The second-order valence-corrected chi connectivity index (χ2v) is 6.59. The number of halogens is 1. The molecule has 2 saturated carbocycles. The third-order valence-electron chi connectivity index (χ3n) is 5.30. The zero-order chi connectivity index (χ0) is 13.3. The molecule has 3 N–H and O–H groups in total. The number of hydrogen-bond donors (Lipinski definition) is 2. The number of fused-ring (bicyclic) bond motifs is 1. The molecule has 4 nitrogen and oxygen atoms in total. The summed E-state index contributed by atoms with van der Waals surface area (Å²) in [6.07, 6.45) is 9.95. The van der Waals surface area contributed by atoms with Crippen molar-refractivity contribution >= 4 is 18.3 Å². The fourth-order valence-electron chi connectivity index (χ4n) is 4.08. The molecule has 0 aromatic heterocycles. The van der Waals surface area contributed by atoms with Crippen LogP contribution in [0, 0.1) is 5.92 Å². The van der Waals surface area contributed by atoms with Crippen molar-refractivity contribution in [1.82, 2.24) is 5.32 Å². The highest BCUT2D eigenvalue weighted by molar-refractivity contribution is 5.86. The molecule has 3 aliphatic rings. The normalized spacial score (nSPS) is 35.8. The van der Waals surface area contributed by atoms with Gasteiger partial charge >= 0.3 is 0 Å². The molecular weight excluding hydrogens is 276 g/mol. The molecule has 5 heteroatoms. The predicted molar refractivity (Wildman–Crippen MR) is 80.9 cm³/mol. The lowest BCUT2D eigenvalue weighted by molar-refractivity contribution is -0.129. The van der Waals surface area contributed by atoms with Gasteiger partial charge < -0.3 is 15.8 Å². The number of hydrogen-bond acceptors (Lipinski definition) is 3. The van der Waals surface area contributed by atoms with Crippen molar-refractivity contribution in [2.45, 2.75) is 75.5 Å². The number of ether oxygens (including phenoxy) is 1. The van der Waals surface area contributed by atoms with E-state index in [4.69, 9.17) is 10.5 Å². The van der Waals surface area contributed by atoms with Crippen molar-refractivity contribution in [2.75, 3.05) is 6.61 Å². The summed E-state index contributed by atoms with van der Waals surface area (Å²) in [6.45, 7) is 0.857. The highest BCUT2D eigenvalue weighted by Crippen LogP contribution is 2.35. The smallest absolute Gasteiger partial charge is 0.240 e. The molecule has 2 aliphatic carbocycles. The van der Waals surface area contributed by atoms with Crippen molar-refractivity contribution in [1.29, 1.82) is 0 Å². The number of carbonyl (C=O) groups excluding carboxylic acids is 1. The van der Waals surface area contributed by atoms with Crippen LogP contribution < -0.4 is 11.1 Å². The van der Waals surface area contributed by atoms with Gasteiger partial charge in [0.05, 0.1) is 11.6 Å². The largest absolute Gasteiger partial charge is 0.378 e. The zero-order valence-electron chi connectivity index (χ0n) is 12.1. The van der Waals surface area contributed by atoms with Crippen LogP contribution in [0.2, 0.25) is 0 Å². The van der Waals surface area contributed by atoms with Gasteiger partial charge in [-0.15, -0.1) is 12.4 Å². The zero-order valence-corrected chi connectivity index (χ0v) is 12.9. The van der Waals surface area contributed by atoms with Gasteiger partial charge in [-0.1, -0.05) is 19.3 Å². The number of rotatable bonds is 2. The molecule has 0 bridgehead atoms. The lowest BCUT2D eigenvalue weighted by Crippen LogP contribution is -2.59. The Morgan fingerprint density at radius 3 is 2.60 bits per heavy atom. The van der Waals surface area contributed by atoms with Crippen LogP contribution in [0.3, 0.4) is 0 Å². The first-order chi connectivity index (χ1) is 9.19. The van der Waals surface area contributed by atoms with Crippen molar-refractivity contribution in [3.63, 3.8) is 0 Å². The molecule has 0 aromatic rings. The summed E-state index contributed by atoms with van der Waals surface area (Å²) in [7, 11) is 0. The Morgan fingerprint density at radius 2 is 1.85 bits per heavy atom. The van der Waals surface area contributed by atoms with E-state index in [1.807, 2.05) is 0 Å². The van der Waals surface area contributed by atoms with E-state index in [9.17, 15) is 4.79 Å². The van der Waals surface area contributed by atoms with Crippen LogP contribution in [0.1, 0.15) is 57.8 Å². The highest BCUT2D eigenvalue weighted by atomic mass is 35.5. The van der Waals surface area contributed by atoms with Crippen molar-refractivity contribution in [2.24, 2.45) is 11.7 Å². The van der Waals surface area contributed by atoms with Crippen molar-refractivity contribution in [3.05, 3.63) is 0 Å². The minimum absolute atomic E-state index is 0. The first-order valence-electron chi connectivity index (χ1n) is 7.90. The van der Waals surface area contributed by atoms with E-state index >= 15 is 0 Å². The molecule has 0 spiro atoms. The average molecular weight is 303 g/mol. The van der Waals surface area contributed by atoms with Crippen LogP contribution in [-0.2, 0) is 9.53 Å². The second-order valence-electron chi connectivity index (χ2n) is 6.59. The fraction of sp³-hybridized carbons (Fsp3) is 0.933. The molecule has 3 atom stereocenters. The van der Waals surface area contributed by atoms with Gasteiger partial charge in [-0.25, -0.2) is 0 Å². The van der Waals surface area contributed by atoms with Gasteiger partial charge in [0.2, 0.25) is 5.91 Å². The van der Waals surface area contributed by atoms with E-state index in [0.29, 0.717) is 12.0 Å². The predicted octanol–water partition coefficient (Wildman–Crippen LogP) is 2.14. The summed E-state index contributed by atoms with van der Waals surface area (Å²) < 4.78 is 5.76. The third kappa shape index (κ3) is 3.12. The number of nitrogens with one attached hydrogen (secondary N) is 1. The van der Waals surface area contributed by atoms with Crippen molar-refractivity contribution < 1.29 is 9.53 Å². The third-order valence-corrected chi connectivity index (χ3v) is 5.30. The molecule has 116 valence electrons. The minimum Gasteiger partial charge on any atom is -0.378 e. The molecule has 1 aliphatic heterocycles. The maximum atomic E-state index is 12.5. The molecule has 1 amide bonds. The van der Waals surface area contributed by atoms with Gasteiger partial charge in [0.15, 0.2) is 0 Å². The van der Waals surface area contributed by atoms with Crippen LogP contribution >= 0.6 is 12.4 Å². The van der Waals surface area contributed by atoms with E-state index in [-0.39, 0.29) is 24.4 Å². The van der Waals surface area contributed by atoms with E-state index in [0.717, 1.165) is 58.0 Å². The maximum absolute atomic E-state index is 12.5. The van der Waals surface area contributed by atoms with Crippen LogP contribution in [0.4, 0.5) is 0 Å². The van der Waals surface area contributed by atoms with Gasteiger partial charge in [-0.2, -0.15) is 0 Å². The first-order valence-corrected chi connectivity index (χ1v) is 7.90. The van der Waals surface area contributed by atoms with E-state index in [1.54, 1.807) is 0 Å². The number of nitrogens with two attached hydrogens (primary N) is 1. The Hall–Kier alpha value is -0.320. The SMILES string of the molecule is Cl.NC1(C(=O)NC2CCCC3OCCC23)CCCCC1. The standard InChI is InChI=1S/C15H26N2O2.ClH/c16-15(8-2-1-3-9-15)14(18)17-12-5-4-6-13-11(12)7-10-19-13;/h11-13H,1-10,16H2,(H,17,18);1H. The Morgan fingerprint density at radius 1 is 1.10 bits per heavy atom.